The molecule has 0 aromatic heterocycles. The quantitative estimate of drug-likeness (QED) is 0.642. The van der Waals surface area contributed by atoms with Crippen LogP contribution in [0, 0.1) is 0 Å². The van der Waals surface area contributed by atoms with Crippen LogP contribution in [0.3, 0.4) is 0 Å². The Balaban J connectivity index is 2.83. The largest absolute Gasteiger partial charge is 0.493 e. The van der Waals surface area contributed by atoms with Gasteiger partial charge in [0, 0.05) is 36.6 Å². The summed E-state index contributed by atoms with van der Waals surface area (Å²) < 4.78 is 5.73. The average molecular weight is 278 g/mol. The van der Waals surface area contributed by atoms with E-state index in [1.165, 1.54) is 31.4 Å². The zero-order valence-corrected chi connectivity index (χ0v) is 13.3. The molecule has 0 unspecified atom stereocenters. The van der Waals surface area contributed by atoms with Crippen molar-refractivity contribution in [2.45, 2.75) is 52.9 Å². The molecule has 3 heteroatoms. The van der Waals surface area contributed by atoms with Gasteiger partial charge in [-0.25, -0.2) is 0 Å². The number of rotatable bonds is 10. The van der Waals surface area contributed by atoms with Gasteiger partial charge in [0.1, 0.15) is 5.75 Å². The van der Waals surface area contributed by atoms with E-state index >= 15 is 0 Å². The lowest BCUT2D eigenvalue weighted by molar-refractivity contribution is 0.317. The third-order valence-electron chi connectivity index (χ3n) is 3.31. The van der Waals surface area contributed by atoms with E-state index in [0.29, 0.717) is 0 Å². The van der Waals surface area contributed by atoms with Crippen molar-refractivity contribution in [2.75, 3.05) is 30.3 Å². The third-order valence-corrected chi connectivity index (χ3v) is 3.31. The molecule has 0 fully saturated rings. The highest BCUT2D eigenvalue weighted by atomic mass is 16.5. The highest BCUT2D eigenvalue weighted by Crippen LogP contribution is 2.26. The molecule has 3 nitrogen and oxygen atoms in total. The first-order valence-corrected chi connectivity index (χ1v) is 7.99. The molecule has 0 atom stereocenters. The Bertz CT molecular complexity index is 371. The molecular weight excluding hydrogens is 248 g/mol. The maximum atomic E-state index is 6.02. The molecule has 0 aliphatic heterocycles. The Labute approximate surface area is 124 Å². The molecule has 0 heterocycles. The summed E-state index contributed by atoms with van der Waals surface area (Å²) in [5.41, 5.74) is 8.00. The van der Waals surface area contributed by atoms with Crippen LogP contribution in [0.5, 0.6) is 5.75 Å². The molecule has 1 aromatic carbocycles. The number of hydrogen-bond acceptors (Lipinski definition) is 3. The van der Waals surface area contributed by atoms with Gasteiger partial charge < -0.3 is 15.4 Å². The normalized spacial score (nSPS) is 10.6. The van der Waals surface area contributed by atoms with Gasteiger partial charge in [0.25, 0.3) is 0 Å². The predicted molar refractivity (Wildman–Crippen MR) is 88.7 cm³/mol. The Morgan fingerprint density at radius 1 is 0.950 bits per heavy atom. The van der Waals surface area contributed by atoms with Crippen molar-refractivity contribution in [1.29, 1.82) is 0 Å². The fourth-order valence-corrected chi connectivity index (χ4v) is 2.16. The number of nitrogens with zero attached hydrogens (tertiary/aromatic N) is 1. The molecule has 20 heavy (non-hydrogen) atoms. The van der Waals surface area contributed by atoms with Crippen LogP contribution >= 0.6 is 0 Å². The number of unbranched alkanes of at least 4 members (excludes halogenated alkanes) is 2. The smallest absolute Gasteiger partial charge is 0.123 e. The first-order chi connectivity index (χ1) is 9.71. The number of benzene rings is 1. The number of anilines is 2. The Morgan fingerprint density at radius 3 is 2.15 bits per heavy atom. The van der Waals surface area contributed by atoms with Crippen LogP contribution in [-0.4, -0.2) is 19.7 Å². The van der Waals surface area contributed by atoms with Crippen LogP contribution in [-0.2, 0) is 0 Å². The molecular formula is C17H30N2O. The molecule has 1 rings (SSSR count). The predicted octanol–water partition coefficient (Wildman–Crippen LogP) is 4.46. The summed E-state index contributed by atoms with van der Waals surface area (Å²) in [6.45, 7) is 9.50. The topological polar surface area (TPSA) is 38.5 Å². The SMILES string of the molecule is CCCCN(CCCC)c1cc(N)cc(OCCC)c1. The van der Waals surface area contributed by atoms with Gasteiger partial charge in [-0.2, -0.15) is 0 Å². The number of nitrogen functional groups attached to an aromatic ring is 1. The number of hydrogen-bond donors (Lipinski definition) is 1. The Kier molecular flexibility index (Phi) is 7.93. The molecule has 0 amide bonds. The second-order valence-corrected chi connectivity index (χ2v) is 5.30. The van der Waals surface area contributed by atoms with E-state index in [2.05, 4.69) is 37.8 Å². The highest BCUT2D eigenvalue weighted by molar-refractivity contribution is 5.60. The fourth-order valence-electron chi connectivity index (χ4n) is 2.16. The zero-order valence-electron chi connectivity index (χ0n) is 13.3. The van der Waals surface area contributed by atoms with Crippen molar-refractivity contribution < 1.29 is 4.74 Å². The van der Waals surface area contributed by atoms with Gasteiger partial charge in [-0.1, -0.05) is 33.6 Å². The minimum atomic E-state index is 0.743. The molecule has 2 N–H and O–H groups in total. The summed E-state index contributed by atoms with van der Waals surface area (Å²) in [5, 5.41) is 0. The van der Waals surface area contributed by atoms with Gasteiger partial charge in [-0.3, -0.25) is 0 Å². The van der Waals surface area contributed by atoms with Crippen molar-refractivity contribution in [3.63, 3.8) is 0 Å². The monoisotopic (exact) mass is 278 g/mol. The van der Waals surface area contributed by atoms with Gasteiger partial charge in [0.05, 0.1) is 6.61 Å². The van der Waals surface area contributed by atoms with Gasteiger partial charge in [-0.15, -0.1) is 0 Å². The van der Waals surface area contributed by atoms with Crippen molar-refractivity contribution in [2.24, 2.45) is 0 Å². The molecule has 0 saturated carbocycles. The van der Waals surface area contributed by atoms with E-state index in [1.807, 2.05) is 6.07 Å². The minimum Gasteiger partial charge on any atom is -0.493 e. The highest BCUT2D eigenvalue weighted by Gasteiger charge is 2.08. The lowest BCUT2D eigenvalue weighted by Crippen LogP contribution is -2.25. The lowest BCUT2D eigenvalue weighted by atomic mass is 10.2. The van der Waals surface area contributed by atoms with Crippen LogP contribution in [0.15, 0.2) is 18.2 Å². The maximum Gasteiger partial charge on any atom is 0.123 e. The first kappa shape index (κ1) is 16.7. The van der Waals surface area contributed by atoms with Crippen molar-refractivity contribution in [3.8, 4) is 5.75 Å². The fraction of sp³-hybridized carbons (Fsp3) is 0.647. The summed E-state index contributed by atoms with van der Waals surface area (Å²) in [6, 6.07) is 6.10. The molecule has 0 aliphatic rings. The van der Waals surface area contributed by atoms with E-state index in [-0.39, 0.29) is 0 Å². The van der Waals surface area contributed by atoms with E-state index in [1.54, 1.807) is 0 Å². The van der Waals surface area contributed by atoms with E-state index < -0.39 is 0 Å². The first-order valence-electron chi connectivity index (χ1n) is 7.99. The van der Waals surface area contributed by atoms with Crippen molar-refractivity contribution in [1.82, 2.24) is 0 Å². The van der Waals surface area contributed by atoms with Crippen molar-refractivity contribution in [3.05, 3.63) is 18.2 Å². The van der Waals surface area contributed by atoms with E-state index in [0.717, 1.165) is 37.6 Å². The standard InChI is InChI=1S/C17H30N2O/c1-4-7-9-19(10-8-5-2)16-12-15(18)13-17(14-16)20-11-6-3/h12-14H,4-11,18H2,1-3H3. The molecule has 0 bridgehead atoms. The summed E-state index contributed by atoms with van der Waals surface area (Å²) in [5.74, 6) is 0.889. The van der Waals surface area contributed by atoms with Gasteiger partial charge in [-0.05, 0) is 25.3 Å². The van der Waals surface area contributed by atoms with Gasteiger partial charge in [0.2, 0.25) is 0 Å². The third kappa shape index (κ3) is 5.72. The van der Waals surface area contributed by atoms with Gasteiger partial charge >= 0.3 is 0 Å². The van der Waals surface area contributed by atoms with Crippen LogP contribution in [0.4, 0.5) is 11.4 Å². The summed E-state index contributed by atoms with van der Waals surface area (Å²) >= 11 is 0. The molecule has 0 radical (unpaired) electrons. The van der Waals surface area contributed by atoms with E-state index in [9.17, 15) is 0 Å². The summed E-state index contributed by atoms with van der Waals surface area (Å²) in [7, 11) is 0. The molecule has 0 saturated heterocycles. The average Bonchev–Trinajstić information content (AvgIpc) is 2.44. The van der Waals surface area contributed by atoms with Crippen LogP contribution in [0.25, 0.3) is 0 Å². The maximum absolute atomic E-state index is 6.02. The van der Waals surface area contributed by atoms with Crippen molar-refractivity contribution >= 4 is 11.4 Å². The number of nitrogens with two attached hydrogens (primary N) is 1. The molecule has 0 aliphatic carbocycles. The lowest BCUT2D eigenvalue weighted by Gasteiger charge is -2.25. The van der Waals surface area contributed by atoms with Crippen LogP contribution in [0.2, 0.25) is 0 Å². The molecule has 114 valence electrons. The van der Waals surface area contributed by atoms with Gasteiger partial charge in [0.15, 0.2) is 0 Å². The summed E-state index contributed by atoms with van der Waals surface area (Å²) in [4.78, 5) is 2.43. The minimum absolute atomic E-state index is 0.743. The second kappa shape index (κ2) is 9.51. The van der Waals surface area contributed by atoms with Crippen LogP contribution < -0.4 is 15.4 Å². The molecule has 0 spiro atoms. The van der Waals surface area contributed by atoms with E-state index in [4.69, 9.17) is 10.5 Å². The zero-order chi connectivity index (χ0) is 14.8. The summed E-state index contributed by atoms with van der Waals surface area (Å²) in [6.07, 6.45) is 5.86. The molecule has 1 aromatic rings. The van der Waals surface area contributed by atoms with Crippen LogP contribution in [0.1, 0.15) is 52.9 Å². The Hall–Kier alpha value is -1.38. The Morgan fingerprint density at radius 2 is 1.60 bits per heavy atom. The second-order valence-electron chi connectivity index (χ2n) is 5.30. The number of ether oxygens (including phenoxy) is 1.